The van der Waals surface area contributed by atoms with Gasteiger partial charge in [-0.15, -0.1) is 11.3 Å². The van der Waals surface area contributed by atoms with Crippen LogP contribution in [0.5, 0.6) is 0 Å². The molecule has 0 unspecified atom stereocenters. The van der Waals surface area contributed by atoms with E-state index in [9.17, 15) is 9.59 Å². The van der Waals surface area contributed by atoms with E-state index in [-0.39, 0.29) is 24.1 Å². The van der Waals surface area contributed by atoms with Gasteiger partial charge in [0, 0.05) is 11.1 Å². The minimum atomic E-state index is -0.301. The van der Waals surface area contributed by atoms with Crippen molar-refractivity contribution in [2.75, 3.05) is 17.7 Å². The quantitative estimate of drug-likeness (QED) is 0.475. The molecule has 0 bridgehead atoms. The van der Waals surface area contributed by atoms with Gasteiger partial charge < -0.3 is 15.0 Å². The van der Waals surface area contributed by atoms with Gasteiger partial charge in [-0.3, -0.25) is 9.59 Å². The first-order chi connectivity index (χ1) is 12.5. The summed E-state index contributed by atoms with van der Waals surface area (Å²) < 4.78 is 4.89. The predicted molar refractivity (Wildman–Crippen MR) is 103 cm³/mol. The van der Waals surface area contributed by atoms with Gasteiger partial charge in [-0.2, -0.15) is 0 Å². The summed E-state index contributed by atoms with van der Waals surface area (Å²) in [7, 11) is 0. The minimum absolute atomic E-state index is 0.161. The Labute approximate surface area is 158 Å². The Balaban J connectivity index is 1.52. The number of hydrogen-bond acceptors (Lipinski definition) is 7. The van der Waals surface area contributed by atoms with Gasteiger partial charge in [-0.05, 0) is 31.5 Å². The summed E-state index contributed by atoms with van der Waals surface area (Å²) in [6.07, 6.45) is 1.74. The van der Waals surface area contributed by atoms with Gasteiger partial charge >= 0.3 is 5.97 Å². The van der Waals surface area contributed by atoms with Crippen molar-refractivity contribution in [3.8, 4) is 0 Å². The third-order valence-electron chi connectivity index (χ3n) is 3.38. The average Bonchev–Trinajstić information content (AvgIpc) is 3.19. The van der Waals surface area contributed by atoms with E-state index >= 15 is 0 Å². The Morgan fingerprint density at radius 1 is 1.38 bits per heavy atom. The number of rotatable bonds is 7. The molecule has 0 radical (unpaired) electrons. The number of imidazole rings is 1. The van der Waals surface area contributed by atoms with E-state index in [1.165, 1.54) is 23.1 Å². The highest BCUT2D eigenvalue weighted by Crippen LogP contribution is 2.22. The van der Waals surface area contributed by atoms with Crippen LogP contribution in [0, 0.1) is 6.92 Å². The molecule has 3 aromatic rings. The van der Waals surface area contributed by atoms with E-state index in [0.29, 0.717) is 16.9 Å². The summed E-state index contributed by atoms with van der Waals surface area (Å²) in [6, 6.07) is 5.97. The highest BCUT2D eigenvalue weighted by molar-refractivity contribution is 7.99. The summed E-state index contributed by atoms with van der Waals surface area (Å²) in [6.45, 7) is 4.13. The van der Waals surface area contributed by atoms with Crippen LogP contribution in [0.4, 0.5) is 5.13 Å². The largest absolute Gasteiger partial charge is 0.466 e. The van der Waals surface area contributed by atoms with Crippen LogP contribution in [0.15, 0.2) is 29.6 Å². The Kier molecular flexibility index (Phi) is 5.89. The highest BCUT2D eigenvalue weighted by atomic mass is 32.2. The molecule has 9 heteroatoms. The second-order valence-corrected chi connectivity index (χ2v) is 7.59. The summed E-state index contributed by atoms with van der Waals surface area (Å²) in [5.41, 5.74) is 2.98. The lowest BCUT2D eigenvalue weighted by atomic mass is 10.2. The predicted octanol–water partition coefficient (Wildman–Crippen LogP) is 3.16. The average molecular weight is 390 g/mol. The number of nitrogens with zero attached hydrogens (tertiary/aromatic N) is 2. The van der Waals surface area contributed by atoms with E-state index in [0.717, 1.165) is 21.5 Å². The zero-order valence-electron chi connectivity index (χ0n) is 14.4. The first-order valence-electron chi connectivity index (χ1n) is 8.03. The first-order valence-corrected chi connectivity index (χ1v) is 9.83. The Hall–Kier alpha value is -2.39. The van der Waals surface area contributed by atoms with Crippen molar-refractivity contribution < 1.29 is 14.3 Å². The zero-order chi connectivity index (χ0) is 18.5. The first kappa shape index (κ1) is 18.4. The van der Waals surface area contributed by atoms with Crippen LogP contribution < -0.4 is 5.32 Å². The van der Waals surface area contributed by atoms with Crippen molar-refractivity contribution >= 4 is 51.1 Å². The lowest BCUT2D eigenvalue weighted by Gasteiger charge is -2.00. The molecule has 0 saturated heterocycles. The number of aryl methyl sites for hydroxylation is 1. The van der Waals surface area contributed by atoms with E-state index in [2.05, 4.69) is 20.3 Å². The van der Waals surface area contributed by atoms with Crippen LogP contribution in [0.3, 0.4) is 0 Å². The molecule has 0 spiro atoms. The normalized spacial score (nSPS) is 10.8. The number of thioether (sulfide) groups is 1. The van der Waals surface area contributed by atoms with Crippen molar-refractivity contribution in [1.29, 1.82) is 0 Å². The van der Waals surface area contributed by atoms with E-state index < -0.39 is 0 Å². The van der Waals surface area contributed by atoms with Crippen LogP contribution in [0.2, 0.25) is 0 Å². The number of aromatic amines is 1. The lowest BCUT2D eigenvalue weighted by molar-refractivity contribution is -0.142. The second kappa shape index (κ2) is 8.33. The molecule has 0 aliphatic rings. The molecule has 26 heavy (non-hydrogen) atoms. The fourth-order valence-electron chi connectivity index (χ4n) is 2.26. The number of carbonyl (C=O) groups is 2. The molecule has 2 aromatic heterocycles. The van der Waals surface area contributed by atoms with E-state index in [1.807, 2.05) is 25.1 Å². The van der Waals surface area contributed by atoms with Crippen LogP contribution in [-0.2, 0) is 20.7 Å². The van der Waals surface area contributed by atoms with Gasteiger partial charge in [0.25, 0.3) is 0 Å². The summed E-state index contributed by atoms with van der Waals surface area (Å²) >= 11 is 2.59. The maximum atomic E-state index is 12.1. The number of nitrogens with one attached hydrogen (secondary N) is 2. The summed E-state index contributed by atoms with van der Waals surface area (Å²) in [5, 5.41) is 3.90. The number of esters is 1. The third-order valence-corrected chi connectivity index (χ3v) is 5.17. The van der Waals surface area contributed by atoms with Gasteiger partial charge in [0.1, 0.15) is 0 Å². The lowest BCUT2D eigenvalue weighted by Crippen LogP contribution is -2.13. The number of anilines is 1. The van der Waals surface area contributed by atoms with Crippen LogP contribution >= 0.6 is 23.1 Å². The third kappa shape index (κ3) is 4.83. The number of carbonyl (C=O) groups excluding carboxylic acids is 2. The minimum Gasteiger partial charge on any atom is -0.466 e. The molecule has 0 saturated carbocycles. The van der Waals surface area contributed by atoms with E-state index in [1.54, 1.807) is 13.1 Å². The number of thiazole rings is 1. The van der Waals surface area contributed by atoms with Gasteiger partial charge in [-0.25, -0.2) is 9.97 Å². The highest BCUT2D eigenvalue weighted by Gasteiger charge is 2.12. The van der Waals surface area contributed by atoms with Gasteiger partial charge in [-0.1, -0.05) is 17.8 Å². The van der Waals surface area contributed by atoms with Crippen molar-refractivity contribution in [1.82, 2.24) is 15.0 Å². The van der Waals surface area contributed by atoms with Gasteiger partial charge in [0.2, 0.25) is 5.91 Å². The molecule has 0 aliphatic heterocycles. The number of H-pyrrole nitrogens is 1. The maximum Gasteiger partial charge on any atom is 0.311 e. The number of fused-ring (bicyclic) bond motifs is 1. The fraction of sp³-hybridized carbons (Fsp3) is 0.294. The molecule has 1 amide bonds. The smallest absolute Gasteiger partial charge is 0.311 e. The summed E-state index contributed by atoms with van der Waals surface area (Å²) in [5.74, 6) is -0.264. The molecule has 3 rings (SSSR count). The number of ether oxygens (including phenoxy) is 1. The molecule has 136 valence electrons. The number of aromatic nitrogens is 3. The van der Waals surface area contributed by atoms with Crippen LogP contribution in [-0.4, -0.2) is 39.2 Å². The fourth-order valence-corrected chi connectivity index (χ4v) is 3.76. The molecule has 0 aliphatic carbocycles. The molecule has 7 nitrogen and oxygen atoms in total. The SMILES string of the molecule is CCOC(=O)Cc1cnc(NC(=O)CSc2nc3ccc(C)cc3[nH]2)s1. The standard InChI is InChI=1S/C17H18N4O3S2/c1-3-24-15(23)7-11-8-18-16(26-11)21-14(22)9-25-17-19-12-5-4-10(2)6-13(12)20-17/h4-6,8H,3,7,9H2,1-2H3,(H,19,20)(H,18,21,22). The number of benzene rings is 1. The monoisotopic (exact) mass is 390 g/mol. The van der Waals surface area contributed by atoms with Crippen molar-refractivity contribution in [3.63, 3.8) is 0 Å². The molecule has 2 heterocycles. The van der Waals surface area contributed by atoms with Crippen molar-refractivity contribution in [2.24, 2.45) is 0 Å². The Morgan fingerprint density at radius 2 is 2.23 bits per heavy atom. The Morgan fingerprint density at radius 3 is 3.04 bits per heavy atom. The molecule has 2 N–H and O–H groups in total. The van der Waals surface area contributed by atoms with Crippen LogP contribution in [0.1, 0.15) is 17.4 Å². The van der Waals surface area contributed by atoms with Crippen molar-refractivity contribution in [2.45, 2.75) is 25.4 Å². The maximum absolute atomic E-state index is 12.1. The molecular formula is C17H18N4O3S2. The topological polar surface area (TPSA) is 97.0 Å². The second-order valence-electron chi connectivity index (χ2n) is 5.51. The van der Waals surface area contributed by atoms with E-state index in [4.69, 9.17) is 4.74 Å². The molecule has 0 fully saturated rings. The number of hydrogen-bond donors (Lipinski definition) is 2. The van der Waals surface area contributed by atoms with Crippen molar-refractivity contribution in [3.05, 3.63) is 34.8 Å². The number of amides is 1. The Bertz CT molecular complexity index is 935. The molecule has 1 aromatic carbocycles. The molecule has 0 atom stereocenters. The summed E-state index contributed by atoms with van der Waals surface area (Å²) in [4.78, 5) is 36.1. The van der Waals surface area contributed by atoms with Gasteiger partial charge in [0.05, 0.1) is 29.8 Å². The molecular weight excluding hydrogens is 372 g/mol. The zero-order valence-corrected chi connectivity index (χ0v) is 16.0. The van der Waals surface area contributed by atoms with Crippen LogP contribution in [0.25, 0.3) is 11.0 Å². The van der Waals surface area contributed by atoms with Gasteiger partial charge in [0.15, 0.2) is 10.3 Å².